The molecule has 1 atom stereocenters. The third kappa shape index (κ3) is 4.43. The van der Waals surface area contributed by atoms with Crippen molar-refractivity contribution in [1.29, 1.82) is 0 Å². The van der Waals surface area contributed by atoms with Crippen molar-refractivity contribution in [2.75, 3.05) is 39.4 Å². The Morgan fingerprint density at radius 3 is 2.39 bits per heavy atom. The van der Waals surface area contributed by atoms with E-state index in [2.05, 4.69) is 4.90 Å². The zero-order valence-corrected chi connectivity index (χ0v) is 18.0. The highest BCUT2D eigenvalue weighted by atomic mass is 16.5. The molecule has 2 saturated heterocycles. The van der Waals surface area contributed by atoms with E-state index in [-0.39, 0.29) is 11.3 Å². The number of aryl methyl sites for hydroxylation is 2. The van der Waals surface area contributed by atoms with Gasteiger partial charge in [0.1, 0.15) is 23.3 Å². The minimum Gasteiger partial charge on any atom is -0.507 e. The lowest BCUT2D eigenvalue weighted by Crippen LogP contribution is -2.38. The Balaban J connectivity index is 1.64. The van der Waals surface area contributed by atoms with Crippen LogP contribution >= 0.6 is 0 Å². The average molecular weight is 424 g/mol. The van der Waals surface area contributed by atoms with Crippen molar-refractivity contribution in [3.05, 3.63) is 64.6 Å². The quantitative estimate of drug-likeness (QED) is 0.436. The number of Topliss-reactive ketones (excluding diaryl/α,β-unsaturated/α-hetero) is 1. The van der Waals surface area contributed by atoms with E-state index in [0.29, 0.717) is 43.3 Å². The van der Waals surface area contributed by atoms with Gasteiger partial charge in [-0.25, -0.2) is 0 Å². The van der Waals surface area contributed by atoms with Crippen LogP contribution in [0.15, 0.2) is 46.4 Å². The maximum absolute atomic E-state index is 13.0. The van der Waals surface area contributed by atoms with E-state index in [1.54, 1.807) is 24.3 Å². The molecule has 2 aliphatic heterocycles. The van der Waals surface area contributed by atoms with Gasteiger partial charge in [-0.2, -0.15) is 0 Å². The summed E-state index contributed by atoms with van der Waals surface area (Å²) in [4.78, 5) is 29.7. The fraction of sp³-hybridized carbons (Fsp3) is 0.417. The molecule has 31 heavy (non-hydrogen) atoms. The van der Waals surface area contributed by atoms with E-state index in [9.17, 15) is 14.7 Å². The van der Waals surface area contributed by atoms with E-state index >= 15 is 0 Å². The van der Waals surface area contributed by atoms with Crippen LogP contribution in [0.1, 0.15) is 35.1 Å². The van der Waals surface area contributed by atoms with Gasteiger partial charge in [-0.15, -0.1) is 0 Å². The van der Waals surface area contributed by atoms with Gasteiger partial charge >= 0.3 is 0 Å². The molecule has 3 heterocycles. The minimum atomic E-state index is -0.736. The van der Waals surface area contributed by atoms with Gasteiger partial charge in [-0.05, 0) is 32.4 Å². The zero-order valence-electron chi connectivity index (χ0n) is 18.0. The van der Waals surface area contributed by atoms with Crippen LogP contribution in [0.3, 0.4) is 0 Å². The molecule has 0 bridgehead atoms. The molecule has 1 aromatic carbocycles. The maximum Gasteiger partial charge on any atom is 0.295 e. The van der Waals surface area contributed by atoms with E-state index in [4.69, 9.17) is 9.15 Å². The number of aliphatic hydroxyl groups excluding tert-OH is 1. The number of rotatable bonds is 6. The molecule has 0 spiro atoms. The van der Waals surface area contributed by atoms with Crippen molar-refractivity contribution in [1.82, 2.24) is 9.80 Å². The molecule has 4 rings (SSSR count). The highest BCUT2D eigenvalue weighted by Crippen LogP contribution is 2.40. The SMILES string of the molecule is Cc1ccc(C(O)=C2C(=O)C(=O)N(CCCN3CCOCC3)C2c2ccc(C)o2)cc1. The lowest BCUT2D eigenvalue weighted by atomic mass is 9.99. The van der Waals surface area contributed by atoms with Crippen LogP contribution in [-0.4, -0.2) is 66.0 Å². The van der Waals surface area contributed by atoms with Crippen molar-refractivity contribution < 1.29 is 23.8 Å². The number of benzene rings is 1. The average Bonchev–Trinajstić information content (AvgIpc) is 3.30. The Morgan fingerprint density at radius 2 is 1.74 bits per heavy atom. The molecule has 7 nitrogen and oxygen atoms in total. The van der Waals surface area contributed by atoms with Gasteiger partial charge in [0.15, 0.2) is 0 Å². The molecule has 2 fully saturated rings. The third-order valence-electron chi connectivity index (χ3n) is 5.87. The first-order valence-corrected chi connectivity index (χ1v) is 10.7. The number of carbonyl (C=O) groups excluding carboxylic acids is 2. The van der Waals surface area contributed by atoms with Crippen molar-refractivity contribution in [2.24, 2.45) is 0 Å². The molecule has 2 aromatic rings. The third-order valence-corrected chi connectivity index (χ3v) is 5.87. The predicted octanol–water partition coefficient (Wildman–Crippen LogP) is 3.04. The second-order valence-electron chi connectivity index (χ2n) is 8.11. The molecular formula is C24H28N2O5. The molecule has 2 aliphatic rings. The number of furan rings is 1. The van der Waals surface area contributed by atoms with Crippen molar-refractivity contribution >= 4 is 17.4 Å². The Labute approximate surface area is 181 Å². The molecule has 0 radical (unpaired) electrons. The zero-order chi connectivity index (χ0) is 22.0. The fourth-order valence-corrected chi connectivity index (χ4v) is 4.16. The monoisotopic (exact) mass is 424 g/mol. The molecule has 164 valence electrons. The van der Waals surface area contributed by atoms with Crippen LogP contribution in [0.2, 0.25) is 0 Å². The molecule has 0 saturated carbocycles. The number of morpholine rings is 1. The first-order valence-electron chi connectivity index (χ1n) is 10.7. The summed E-state index contributed by atoms with van der Waals surface area (Å²) in [6.07, 6.45) is 0.716. The summed E-state index contributed by atoms with van der Waals surface area (Å²) in [7, 11) is 0. The van der Waals surface area contributed by atoms with Gasteiger partial charge in [0, 0.05) is 31.7 Å². The van der Waals surface area contributed by atoms with Crippen molar-refractivity contribution in [3.63, 3.8) is 0 Å². The topological polar surface area (TPSA) is 83.2 Å². The largest absolute Gasteiger partial charge is 0.507 e. The summed E-state index contributed by atoms with van der Waals surface area (Å²) in [5.41, 5.74) is 1.62. The van der Waals surface area contributed by atoms with Gasteiger partial charge in [0.2, 0.25) is 0 Å². The number of likely N-dealkylation sites (tertiary alicyclic amines) is 1. The minimum absolute atomic E-state index is 0.0783. The highest BCUT2D eigenvalue weighted by molar-refractivity contribution is 6.46. The van der Waals surface area contributed by atoms with Crippen molar-refractivity contribution in [2.45, 2.75) is 26.3 Å². The summed E-state index contributed by atoms with van der Waals surface area (Å²) < 4.78 is 11.2. The number of hydrogen-bond acceptors (Lipinski definition) is 6. The number of nitrogens with zero attached hydrogens (tertiary/aromatic N) is 2. The Kier molecular flexibility index (Phi) is 6.25. The second kappa shape index (κ2) is 9.08. The predicted molar refractivity (Wildman–Crippen MR) is 116 cm³/mol. The summed E-state index contributed by atoms with van der Waals surface area (Å²) >= 11 is 0. The van der Waals surface area contributed by atoms with Gasteiger partial charge < -0.3 is 19.2 Å². The smallest absolute Gasteiger partial charge is 0.295 e. The number of amides is 1. The number of hydrogen-bond donors (Lipinski definition) is 1. The number of ketones is 1. The molecule has 0 aliphatic carbocycles. The summed E-state index contributed by atoms with van der Waals surface area (Å²) in [5.74, 6) is -0.285. The highest BCUT2D eigenvalue weighted by Gasteiger charge is 2.47. The molecule has 1 amide bonds. The van der Waals surface area contributed by atoms with Crippen LogP contribution in [0.5, 0.6) is 0 Å². The molecule has 1 aromatic heterocycles. The van der Waals surface area contributed by atoms with Crippen molar-refractivity contribution in [3.8, 4) is 0 Å². The van der Waals surface area contributed by atoms with E-state index in [1.165, 1.54) is 4.90 Å². The van der Waals surface area contributed by atoms with Gasteiger partial charge in [0.25, 0.3) is 11.7 Å². The molecule has 1 unspecified atom stereocenters. The summed E-state index contributed by atoms with van der Waals surface area (Å²) in [6, 6.07) is 10.1. The fourth-order valence-electron chi connectivity index (χ4n) is 4.16. The van der Waals surface area contributed by atoms with E-state index in [0.717, 1.165) is 25.2 Å². The van der Waals surface area contributed by atoms with Gasteiger partial charge in [0.05, 0.1) is 18.8 Å². The second-order valence-corrected chi connectivity index (χ2v) is 8.11. The van der Waals surface area contributed by atoms with Crippen LogP contribution < -0.4 is 0 Å². The Hall–Kier alpha value is -2.90. The standard InChI is InChI=1S/C24H28N2O5/c1-16-4-7-18(8-5-16)22(27)20-21(19-9-6-17(2)31-19)26(24(29)23(20)28)11-3-10-25-12-14-30-15-13-25/h4-9,21,27H,3,10-15H2,1-2H3. The van der Waals surface area contributed by atoms with Crippen LogP contribution in [-0.2, 0) is 14.3 Å². The lowest BCUT2D eigenvalue weighted by molar-refractivity contribution is -0.140. The summed E-state index contributed by atoms with van der Waals surface area (Å²) in [6.45, 7) is 8.14. The number of ether oxygens (including phenoxy) is 1. The first-order chi connectivity index (χ1) is 15.0. The van der Waals surface area contributed by atoms with Gasteiger partial charge in [-0.3, -0.25) is 14.5 Å². The molecular weight excluding hydrogens is 396 g/mol. The first kappa shape index (κ1) is 21.3. The van der Waals surface area contributed by atoms with E-state index < -0.39 is 17.7 Å². The number of carbonyl (C=O) groups is 2. The molecule has 7 heteroatoms. The van der Waals surface area contributed by atoms with Crippen LogP contribution in [0, 0.1) is 13.8 Å². The van der Waals surface area contributed by atoms with Gasteiger partial charge in [-0.1, -0.05) is 29.8 Å². The Morgan fingerprint density at radius 1 is 1.03 bits per heavy atom. The summed E-state index contributed by atoms with van der Waals surface area (Å²) in [5, 5.41) is 11.0. The van der Waals surface area contributed by atoms with Crippen LogP contribution in [0.25, 0.3) is 5.76 Å². The Bertz CT molecular complexity index is 986. The number of aliphatic hydroxyl groups is 1. The molecule has 1 N–H and O–H groups in total. The normalized spacial score (nSPS) is 21.7. The van der Waals surface area contributed by atoms with Crippen LogP contribution in [0.4, 0.5) is 0 Å². The lowest BCUT2D eigenvalue weighted by Gasteiger charge is -2.28. The van der Waals surface area contributed by atoms with E-state index in [1.807, 2.05) is 26.0 Å². The maximum atomic E-state index is 13.0.